The Bertz CT molecular complexity index is 625. The van der Waals surface area contributed by atoms with Crippen molar-refractivity contribution in [3.63, 3.8) is 0 Å². The first kappa shape index (κ1) is 16.3. The Labute approximate surface area is 142 Å². The first-order chi connectivity index (χ1) is 11.0. The van der Waals surface area contributed by atoms with Crippen molar-refractivity contribution in [2.45, 2.75) is 45.6 Å². The van der Waals surface area contributed by atoms with E-state index in [1.54, 1.807) is 9.80 Å². The van der Waals surface area contributed by atoms with Gasteiger partial charge in [-0.15, -0.1) is 0 Å². The molecule has 2 amide bonds. The molecule has 4 nitrogen and oxygen atoms in total. The van der Waals surface area contributed by atoms with Crippen molar-refractivity contribution in [1.82, 2.24) is 4.90 Å². The van der Waals surface area contributed by atoms with Crippen molar-refractivity contribution in [2.75, 3.05) is 18.0 Å². The van der Waals surface area contributed by atoms with Crippen LogP contribution in [0.2, 0.25) is 5.02 Å². The van der Waals surface area contributed by atoms with Gasteiger partial charge in [-0.2, -0.15) is 0 Å². The Morgan fingerprint density at radius 2 is 1.91 bits per heavy atom. The number of piperazine rings is 1. The zero-order valence-electron chi connectivity index (χ0n) is 13.7. The van der Waals surface area contributed by atoms with E-state index < -0.39 is 6.04 Å². The van der Waals surface area contributed by atoms with Gasteiger partial charge in [0.2, 0.25) is 11.8 Å². The van der Waals surface area contributed by atoms with Crippen LogP contribution in [-0.4, -0.2) is 35.8 Å². The van der Waals surface area contributed by atoms with Gasteiger partial charge in [-0.05, 0) is 44.4 Å². The van der Waals surface area contributed by atoms with Crippen LogP contribution in [0.5, 0.6) is 0 Å². The minimum Gasteiger partial charge on any atom is -0.329 e. The monoisotopic (exact) mass is 334 g/mol. The number of amides is 2. The molecule has 0 bridgehead atoms. The molecule has 23 heavy (non-hydrogen) atoms. The van der Waals surface area contributed by atoms with E-state index in [4.69, 9.17) is 11.6 Å². The molecule has 0 spiro atoms. The molecule has 1 aliphatic carbocycles. The highest BCUT2D eigenvalue weighted by Gasteiger charge is 2.38. The van der Waals surface area contributed by atoms with Gasteiger partial charge in [0.15, 0.2) is 0 Å². The number of hydrogen-bond donors (Lipinski definition) is 0. The topological polar surface area (TPSA) is 40.6 Å². The molecule has 1 saturated carbocycles. The van der Waals surface area contributed by atoms with Crippen LogP contribution in [0.1, 0.15) is 38.2 Å². The summed E-state index contributed by atoms with van der Waals surface area (Å²) in [5.74, 6) is 0.253. The molecule has 5 heteroatoms. The van der Waals surface area contributed by atoms with Gasteiger partial charge in [-0.3, -0.25) is 9.59 Å². The normalized spacial score (nSPS) is 22.7. The van der Waals surface area contributed by atoms with E-state index in [1.165, 1.54) is 0 Å². The lowest BCUT2D eigenvalue weighted by Gasteiger charge is -2.40. The number of hydrogen-bond acceptors (Lipinski definition) is 2. The van der Waals surface area contributed by atoms with Crippen LogP contribution < -0.4 is 4.90 Å². The smallest absolute Gasteiger partial charge is 0.249 e. The Balaban J connectivity index is 1.78. The lowest BCUT2D eigenvalue weighted by molar-refractivity contribution is -0.143. The fourth-order valence-electron chi connectivity index (χ4n) is 3.71. The molecule has 0 aromatic heterocycles. The van der Waals surface area contributed by atoms with E-state index in [0.29, 0.717) is 18.1 Å². The Kier molecular flexibility index (Phi) is 4.62. The van der Waals surface area contributed by atoms with Crippen molar-refractivity contribution in [2.24, 2.45) is 5.92 Å². The summed E-state index contributed by atoms with van der Waals surface area (Å²) in [6.45, 7) is 4.88. The predicted molar refractivity (Wildman–Crippen MR) is 91.7 cm³/mol. The summed E-state index contributed by atoms with van der Waals surface area (Å²) in [5, 5.41) is 0.660. The zero-order valence-corrected chi connectivity index (χ0v) is 14.5. The van der Waals surface area contributed by atoms with Gasteiger partial charge in [0.05, 0.1) is 0 Å². The highest BCUT2D eigenvalue weighted by atomic mass is 35.5. The highest BCUT2D eigenvalue weighted by Crippen LogP contribution is 2.31. The van der Waals surface area contributed by atoms with Crippen molar-refractivity contribution >= 4 is 29.1 Å². The molecule has 3 rings (SSSR count). The number of carbonyl (C=O) groups excluding carboxylic acids is 2. The fraction of sp³-hybridized carbons (Fsp3) is 0.556. The molecule has 1 heterocycles. The molecular weight excluding hydrogens is 312 g/mol. The molecule has 0 N–H and O–H groups in total. The Morgan fingerprint density at radius 1 is 1.22 bits per heavy atom. The molecular formula is C18H23ClN2O2. The maximum atomic E-state index is 12.8. The van der Waals surface area contributed by atoms with Crippen LogP contribution in [0.25, 0.3) is 0 Å². The van der Waals surface area contributed by atoms with Crippen LogP contribution >= 0.6 is 11.6 Å². The summed E-state index contributed by atoms with van der Waals surface area (Å²) < 4.78 is 0. The molecule has 1 saturated heterocycles. The third-order valence-corrected chi connectivity index (χ3v) is 5.58. The lowest BCUT2D eigenvalue weighted by atomic mass is 10.0. The van der Waals surface area contributed by atoms with Gasteiger partial charge in [-0.25, -0.2) is 0 Å². The van der Waals surface area contributed by atoms with E-state index in [9.17, 15) is 9.59 Å². The van der Waals surface area contributed by atoms with Crippen molar-refractivity contribution in [3.05, 3.63) is 28.8 Å². The first-order valence-electron chi connectivity index (χ1n) is 8.37. The van der Waals surface area contributed by atoms with E-state index in [2.05, 4.69) is 0 Å². The second kappa shape index (κ2) is 6.52. The summed E-state index contributed by atoms with van der Waals surface area (Å²) in [7, 11) is 0. The Hall–Kier alpha value is -1.55. The average molecular weight is 335 g/mol. The SMILES string of the molecule is Cc1c(Cl)cccc1N1CCN(C(=O)C2CCCC2)[C@@H](C)C1=O. The van der Waals surface area contributed by atoms with Gasteiger partial charge in [0.1, 0.15) is 6.04 Å². The second-order valence-corrected chi connectivity index (χ2v) is 6.97. The van der Waals surface area contributed by atoms with Crippen LogP contribution in [-0.2, 0) is 9.59 Å². The van der Waals surface area contributed by atoms with Crippen LogP contribution in [0.3, 0.4) is 0 Å². The minimum atomic E-state index is -0.407. The van der Waals surface area contributed by atoms with Crippen LogP contribution in [0, 0.1) is 12.8 Å². The molecule has 124 valence electrons. The number of rotatable bonds is 2. The maximum Gasteiger partial charge on any atom is 0.249 e. The molecule has 2 fully saturated rings. The molecule has 1 aliphatic heterocycles. The van der Waals surface area contributed by atoms with E-state index in [1.807, 2.05) is 32.0 Å². The van der Waals surface area contributed by atoms with Gasteiger partial charge in [-0.1, -0.05) is 30.5 Å². The zero-order chi connectivity index (χ0) is 16.6. The van der Waals surface area contributed by atoms with E-state index in [0.717, 1.165) is 36.9 Å². The standard InChI is InChI=1S/C18H23ClN2O2/c1-12-15(19)8-5-9-16(12)21-11-10-20(13(2)17(21)22)18(23)14-6-3-4-7-14/h5,8-9,13-14H,3-4,6-7,10-11H2,1-2H3/t13-/m0/s1. The van der Waals surface area contributed by atoms with Crippen LogP contribution in [0.15, 0.2) is 18.2 Å². The number of benzene rings is 1. The molecule has 1 aromatic rings. The van der Waals surface area contributed by atoms with Crippen molar-refractivity contribution < 1.29 is 9.59 Å². The van der Waals surface area contributed by atoms with Gasteiger partial charge in [0.25, 0.3) is 0 Å². The van der Waals surface area contributed by atoms with E-state index >= 15 is 0 Å². The van der Waals surface area contributed by atoms with Crippen LogP contribution in [0.4, 0.5) is 5.69 Å². The van der Waals surface area contributed by atoms with Gasteiger partial charge in [0, 0.05) is 29.7 Å². The Morgan fingerprint density at radius 3 is 2.61 bits per heavy atom. The summed E-state index contributed by atoms with van der Waals surface area (Å²) >= 11 is 6.18. The number of halogens is 1. The fourth-order valence-corrected chi connectivity index (χ4v) is 3.88. The highest BCUT2D eigenvalue weighted by molar-refractivity contribution is 6.31. The molecule has 0 radical (unpaired) electrons. The number of anilines is 1. The summed E-state index contributed by atoms with van der Waals surface area (Å²) in [6, 6.07) is 5.20. The van der Waals surface area contributed by atoms with E-state index in [-0.39, 0.29) is 17.7 Å². The van der Waals surface area contributed by atoms with Crippen molar-refractivity contribution in [3.8, 4) is 0 Å². The minimum absolute atomic E-state index is 0.0204. The largest absolute Gasteiger partial charge is 0.329 e. The summed E-state index contributed by atoms with van der Waals surface area (Å²) in [4.78, 5) is 29.0. The summed E-state index contributed by atoms with van der Waals surface area (Å²) in [5.41, 5.74) is 1.76. The van der Waals surface area contributed by atoms with Gasteiger partial charge >= 0.3 is 0 Å². The quantitative estimate of drug-likeness (QED) is 0.831. The third kappa shape index (κ3) is 2.97. The second-order valence-electron chi connectivity index (χ2n) is 6.56. The molecule has 1 aromatic carbocycles. The molecule has 2 aliphatic rings. The lowest BCUT2D eigenvalue weighted by Crippen LogP contribution is -2.58. The maximum absolute atomic E-state index is 12.8. The summed E-state index contributed by atoms with van der Waals surface area (Å²) in [6.07, 6.45) is 4.18. The molecule has 1 atom stereocenters. The third-order valence-electron chi connectivity index (χ3n) is 5.17. The first-order valence-corrected chi connectivity index (χ1v) is 8.75. The number of carbonyl (C=O) groups is 2. The predicted octanol–water partition coefficient (Wildman–Crippen LogP) is 3.40. The average Bonchev–Trinajstić information content (AvgIpc) is 3.07. The number of nitrogens with zero attached hydrogens (tertiary/aromatic N) is 2. The molecule has 0 unspecified atom stereocenters. The van der Waals surface area contributed by atoms with Crippen molar-refractivity contribution in [1.29, 1.82) is 0 Å². The van der Waals surface area contributed by atoms with Gasteiger partial charge < -0.3 is 9.80 Å².